The van der Waals surface area contributed by atoms with Gasteiger partial charge in [-0.05, 0) is 55.8 Å². The largest absolute Gasteiger partial charge is 0.497 e. The molecule has 0 N–H and O–H groups in total. The van der Waals surface area contributed by atoms with Crippen LogP contribution in [0.2, 0.25) is 0 Å². The van der Waals surface area contributed by atoms with Gasteiger partial charge in [-0.3, -0.25) is 9.36 Å². The first-order chi connectivity index (χ1) is 19.1. The Morgan fingerprint density at radius 3 is 2.65 bits per heavy atom. The third kappa shape index (κ3) is 5.12. The van der Waals surface area contributed by atoms with Crippen LogP contribution >= 0.6 is 11.3 Å². The fraction of sp³-hybridized carbons (Fsp3) is 0.207. The van der Waals surface area contributed by atoms with Crippen LogP contribution in [0.5, 0.6) is 5.75 Å². The van der Waals surface area contributed by atoms with Crippen LogP contribution in [0.4, 0.5) is 13.2 Å². The minimum Gasteiger partial charge on any atom is -0.497 e. The first kappa shape index (κ1) is 27.2. The minimum absolute atomic E-state index is 0.150. The predicted molar refractivity (Wildman–Crippen MR) is 143 cm³/mol. The summed E-state index contributed by atoms with van der Waals surface area (Å²) in [4.78, 5) is 31.6. The minimum atomic E-state index is -4.49. The van der Waals surface area contributed by atoms with E-state index < -0.39 is 29.3 Å². The van der Waals surface area contributed by atoms with E-state index in [1.165, 1.54) is 29.9 Å². The summed E-state index contributed by atoms with van der Waals surface area (Å²) >= 11 is 1.11. The Balaban J connectivity index is 1.61. The zero-order valence-electron chi connectivity index (χ0n) is 21.6. The third-order valence-electron chi connectivity index (χ3n) is 6.30. The number of thiazole rings is 1. The van der Waals surface area contributed by atoms with Gasteiger partial charge in [0.15, 0.2) is 4.80 Å². The van der Waals surface area contributed by atoms with E-state index in [1.54, 1.807) is 50.2 Å². The molecule has 3 heterocycles. The van der Waals surface area contributed by atoms with E-state index in [0.717, 1.165) is 23.5 Å². The van der Waals surface area contributed by atoms with Gasteiger partial charge in [-0.25, -0.2) is 9.79 Å². The second kappa shape index (κ2) is 10.6. The lowest BCUT2D eigenvalue weighted by molar-refractivity contribution is -0.139. The van der Waals surface area contributed by atoms with Gasteiger partial charge >= 0.3 is 12.1 Å². The van der Waals surface area contributed by atoms with Crippen LogP contribution in [0.15, 0.2) is 86.1 Å². The smallest absolute Gasteiger partial charge is 0.416 e. The molecule has 40 heavy (non-hydrogen) atoms. The van der Waals surface area contributed by atoms with Gasteiger partial charge in [0.2, 0.25) is 0 Å². The molecule has 7 nitrogen and oxygen atoms in total. The normalized spacial score (nSPS) is 15.6. The number of furan rings is 1. The summed E-state index contributed by atoms with van der Waals surface area (Å²) in [5.74, 6) is 0.467. The highest BCUT2D eigenvalue weighted by molar-refractivity contribution is 7.07. The number of halogens is 3. The fourth-order valence-corrected chi connectivity index (χ4v) is 5.51. The molecule has 0 saturated carbocycles. The Bertz CT molecular complexity index is 1810. The number of nitrogens with zero attached hydrogens (tertiary/aromatic N) is 2. The second-order valence-corrected chi connectivity index (χ2v) is 9.87. The third-order valence-corrected chi connectivity index (χ3v) is 7.28. The van der Waals surface area contributed by atoms with E-state index in [4.69, 9.17) is 13.9 Å². The Morgan fingerprint density at radius 2 is 1.93 bits per heavy atom. The van der Waals surface area contributed by atoms with Crippen molar-refractivity contribution in [3.8, 4) is 17.1 Å². The molecular weight excluding hydrogens is 545 g/mol. The molecule has 0 amide bonds. The summed E-state index contributed by atoms with van der Waals surface area (Å²) in [6, 6.07) is 14.2. The van der Waals surface area contributed by atoms with Crippen LogP contribution < -0.4 is 19.6 Å². The number of aromatic nitrogens is 1. The number of fused-ring (bicyclic) bond motifs is 1. The molecule has 11 heteroatoms. The molecule has 0 fully saturated rings. The number of hydrogen-bond donors (Lipinski definition) is 0. The highest BCUT2D eigenvalue weighted by Gasteiger charge is 2.34. The zero-order valence-corrected chi connectivity index (χ0v) is 22.4. The van der Waals surface area contributed by atoms with Gasteiger partial charge in [0.25, 0.3) is 5.56 Å². The van der Waals surface area contributed by atoms with Gasteiger partial charge in [0.1, 0.15) is 17.3 Å². The molecule has 2 aromatic heterocycles. The Kier molecular flexibility index (Phi) is 7.24. The number of allylic oxidation sites excluding steroid dienone is 1. The molecule has 0 unspecified atom stereocenters. The molecule has 1 aliphatic heterocycles. The van der Waals surface area contributed by atoms with Gasteiger partial charge in [-0.1, -0.05) is 35.6 Å². The average molecular weight is 569 g/mol. The molecule has 0 radical (unpaired) electrons. The van der Waals surface area contributed by atoms with Gasteiger partial charge in [-0.15, -0.1) is 0 Å². The zero-order chi connectivity index (χ0) is 28.6. The fourth-order valence-electron chi connectivity index (χ4n) is 4.48. The lowest BCUT2D eigenvalue weighted by Gasteiger charge is -2.24. The van der Waals surface area contributed by atoms with Crippen LogP contribution in [0, 0.1) is 0 Å². The van der Waals surface area contributed by atoms with Gasteiger partial charge < -0.3 is 13.9 Å². The molecule has 2 aromatic carbocycles. The number of rotatable bonds is 6. The van der Waals surface area contributed by atoms with E-state index in [0.29, 0.717) is 21.8 Å². The number of carbonyl (C=O) groups is 1. The van der Waals surface area contributed by atoms with Crippen molar-refractivity contribution in [2.24, 2.45) is 4.99 Å². The monoisotopic (exact) mass is 568 g/mol. The standard InChI is InChI=1S/C29H23F3N2O5S/c1-4-38-27(36)24-16(2)33-28-34(25(24)18-8-6-10-20(14-18)37-3)26(35)23(40-28)15-21-11-12-22(39-21)17-7-5-9-19(13-17)29(30,31)32/h5-15,25H,4H2,1-3H3/b23-15+/t25-/m1/s1. The number of esters is 1. The van der Waals surface area contributed by atoms with Gasteiger partial charge in [-0.2, -0.15) is 13.2 Å². The first-order valence-corrected chi connectivity index (χ1v) is 13.0. The maximum atomic E-state index is 13.7. The summed E-state index contributed by atoms with van der Waals surface area (Å²) in [5, 5.41) is 0. The van der Waals surface area contributed by atoms with Crippen LogP contribution in [0.3, 0.4) is 0 Å². The van der Waals surface area contributed by atoms with Crippen molar-refractivity contribution < 1.29 is 31.9 Å². The number of hydrogen-bond acceptors (Lipinski definition) is 7. The van der Waals surface area contributed by atoms with Gasteiger partial charge in [0, 0.05) is 11.6 Å². The molecule has 0 bridgehead atoms. The summed E-state index contributed by atoms with van der Waals surface area (Å²) < 4.78 is 57.6. The molecule has 1 aliphatic rings. The van der Waals surface area contributed by atoms with Crippen LogP contribution in [-0.4, -0.2) is 24.3 Å². The van der Waals surface area contributed by atoms with Crippen molar-refractivity contribution in [1.82, 2.24) is 4.57 Å². The van der Waals surface area contributed by atoms with E-state index in [9.17, 15) is 22.8 Å². The SMILES string of the molecule is CCOC(=O)C1=C(C)N=c2s/c(=C/c3ccc(-c4cccc(C(F)(F)F)c4)o3)c(=O)n2[C@@H]1c1cccc(OC)c1. The highest BCUT2D eigenvalue weighted by atomic mass is 32.1. The molecule has 0 spiro atoms. The van der Waals surface area contributed by atoms with Crippen molar-refractivity contribution >= 4 is 23.4 Å². The molecule has 206 valence electrons. The molecule has 4 aromatic rings. The summed E-state index contributed by atoms with van der Waals surface area (Å²) in [7, 11) is 1.52. The predicted octanol–water partition coefficient (Wildman–Crippen LogP) is 5.09. The number of ether oxygens (including phenoxy) is 2. The molecule has 1 atom stereocenters. The number of carbonyl (C=O) groups excluding carboxylic acids is 1. The van der Waals surface area contributed by atoms with Crippen molar-refractivity contribution in [3.05, 3.63) is 109 Å². The Hall–Kier alpha value is -4.38. The summed E-state index contributed by atoms with van der Waals surface area (Å²) in [6.07, 6.45) is -2.98. The maximum Gasteiger partial charge on any atom is 0.416 e. The topological polar surface area (TPSA) is 83.0 Å². The second-order valence-electron chi connectivity index (χ2n) is 8.86. The van der Waals surface area contributed by atoms with E-state index in [1.807, 2.05) is 0 Å². The van der Waals surface area contributed by atoms with Gasteiger partial charge in [0.05, 0.1) is 41.1 Å². The number of methoxy groups -OCH3 is 1. The van der Waals surface area contributed by atoms with Crippen molar-refractivity contribution in [2.45, 2.75) is 26.1 Å². The number of benzene rings is 2. The van der Waals surface area contributed by atoms with Crippen molar-refractivity contribution in [3.63, 3.8) is 0 Å². The van der Waals surface area contributed by atoms with E-state index >= 15 is 0 Å². The van der Waals surface area contributed by atoms with Crippen LogP contribution in [0.1, 0.15) is 36.8 Å². The highest BCUT2D eigenvalue weighted by Crippen LogP contribution is 2.34. The lowest BCUT2D eigenvalue weighted by atomic mass is 9.95. The number of alkyl halides is 3. The summed E-state index contributed by atoms with van der Waals surface area (Å²) in [6.45, 7) is 3.53. The Labute approximate surface area is 230 Å². The lowest BCUT2D eigenvalue weighted by Crippen LogP contribution is -2.39. The van der Waals surface area contributed by atoms with E-state index in [2.05, 4.69) is 4.99 Å². The van der Waals surface area contributed by atoms with Crippen LogP contribution in [-0.2, 0) is 15.7 Å². The first-order valence-electron chi connectivity index (χ1n) is 12.2. The van der Waals surface area contributed by atoms with Crippen LogP contribution in [0.25, 0.3) is 17.4 Å². The quantitative estimate of drug-likeness (QED) is 0.303. The molecule has 0 aliphatic carbocycles. The van der Waals surface area contributed by atoms with E-state index in [-0.39, 0.29) is 33.8 Å². The molecule has 0 saturated heterocycles. The molecular formula is C29H23F3N2O5S. The Morgan fingerprint density at radius 1 is 1.15 bits per heavy atom. The van der Waals surface area contributed by atoms with Crippen molar-refractivity contribution in [1.29, 1.82) is 0 Å². The van der Waals surface area contributed by atoms with Crippen molar-refractivity contribution in [2.75, 3.05) is 13.7 Å². The maximum absolute atomic E-state index is 13.7. The molecule has 5 rings (SSSR count). The summed E-state index contributed by atoms with van der Waals surface area (Å²) in [5.41, 5.74) is 0.338. The average Bonchev–Trinajstić information content (AvgIpc) is 3.52.